The molecule has 0 aromatic heterocycles. The molecule has 0 saturated carbocycles. The standard InChI is InChI=1S/C19H42N2O2Si/c1-13(2)11-16(20)17(23-24(9,10)19(5,6)7)12-15(14(3)4)18(22)21-8/h13-17H,11-12,20H2,1-10H3,(H,21,22)/t15-,16-,17-/m0/s1. The van der Waals surface area contributed by atoms with Gasteiger partial charge < -0.3 is 15.5 Å². The number of nitrogens with one attached hydrogen (secondary N) is 1. The molecule has 0 aliphatic rings. The molecule has 144 valence electrons. The largest absolute Gasteiger partial charge is 0.412 e. The molecule has 0 heterocycles. The molecule has 4 nitrogen and oxygen atoms in total. The van der Waals surface area contributed by atoms with Crippen molar-refractivity contribution in [2.45, 2.75) is 91.6 Å². The summed E-state index contributed by atoms with van der Waals surface area (Å²) in [6.45, 7) is 19.8. The highest BCUT2D eigenvalue weighted by atomic mass is 28.4. The number of carbonyl (C=O) groups excluding carboxylic acids is 1. The van der Waals surface area contributed by atoms with E-state index in [4.69, 9.17) is 10.2 Å². The fraction of sp³-hybridized carbons (Fsp3) is 0.947. The first-order valence-electron chi connectivity index (χ1n) is 9.38. The Morgan fingerprint density at radius 1 is 1.12 bits per heavy atom. The van der Waals surface area contributed by atoms with E-state index in [0.29, 0.717) is 12.3 Å². The molecule has 0 spiro atoms. The van der Waals surface area contributed by atoms with Crippen LogP contribution in [-0.2, 0) is 9.22 Å². The van der Waals surface area contributed by atoms with Crippen LogP contribution < -0.4 is 11.1 Å². The number of hydrogen-bond donors (Lipinski definition) is 2. The monoisotopic (exact) mass is 358 g/mol. The van der Waals surface area contributed by atoms with Crippen LogP contribution in [0.25, 0.3) is 0 Å². The van der Waals surface area contributed by atoms with Crippen LogP contribution in [0.2, 0.25) is 18.1 Å². The second-order valence-corrected chi connectivity index (χ2v) is 14.2. The van der Waals surface area contributed by atoms with E-state index in [2.05, 4.69) is 66.9 Å². The van der Waals surface area contributed by atoms with Crippen LogP contribution in [-0.4, -0.2) is 33.4 Å². The van der Waals surface area contributed by atoms with Gasteiger partial charge in [-0.05, 0) is 42.8 Å². The van der Waals surface area contributed by atoms with Crippen molar-refractivity contribution in [2.24, 2.45) is 23.5 Å². The lowest BCUT2D eigenvalue weighted by molar-refractivity contribution is -0.127. The van der Waals surface area contributed by atoms with Crippen molar-refractivity contribution < 1.29 is 9.22 Å². The van der Waals surface area contributed by atoms with Crippen molar-refractivity contribution in [3.05, 3.63) is 0 Å². The molecule has 5 heteroatoms. The highest BCUT2D eigenvalue weighted by molar-refractivity contribution is 6.74. The molecule has 0 rings (SSSR count). The first-order chi connectivity index (χ1) is 10.7. The van der Waals surface area contributed by atoms with E-state index in [-0.39, 0.29) is 34.9 Å². The van der Waals surface area contributed by atoms with Gasteiger partial charge in [-0.15, -0.1) is 0 Å². The molecule has 0 aromatic carbocycles. The maximum atomic E-state index is 12.3. The molecule has 3 atom stereocenters. The highest BCUT2D eigenvalue weighted by Crippen LogP contribution is 2.39. The van der Waals surface area contributed by atoms with Gasteiger partial charge in [0.25, 0.3) is 0 Å². The van der Waals surface area contributed by atoms with Crippen LogP contribution in [0.1, 0.15) is 61.3 Å². The second-order valence-electron chi connectivity index (χ2n) is 9.41. The van der Waals surface area contributed by atoms with Crippen molar-refractivity contribution in [3.8, 4) is 0 Å². The molecule has 0 aliphatic heterocycles. The van der Waals surface area contributed by atoms with E-state index in [1.54, 1.807) is 7.05 Å². The van der Waals surface area contributed by atoms with E-state index in [1.165, 1.54) is 0 Å². The molecular formula is C19H42N2O2Si. The van der Waals surface area contributed by atoms with E-state index < -0.39 is 8.32 Å². The fourth-order valence-corrected chi connectivity index (χ4v) is 4.06. The number of amides is 1. The minimum Gasteiger partial charge on any atom is -0.412 e. The minimum atomic E-state index is -1.94. The van der Waals surface area contributed by atoms with Crippen molar-refractivity contribution in [3.63, 3.8) is 0 Å². The first kappa shape index (κ1) is 23.6. The summed E-state index contributed by atoms with van der Waals surface area (Å²) in [5, 5.41) is 2.93. The summed E-state index contributed by atoms with van der Waals surface area (Å²) in [4.78, 5) is 12.3. The van der Waals surface area contributed by atoms with Gasteiger partial charge in [0.15, 0.2) is 8.32 Å². The Labute approximate surface area is 151 Å². The summed E-state index contributed by atoms with van der Waals surface area (Å²) in [5.41, 5.74) is 6.52. The SMILES string of the molecule is CNC(=O)[C@@H](C[C@H](O[Si](C)(C)C(C)(C)C)[C@@H](N)CC(C)C)C(C)C. The third kappa shape index (κ3) is 7.24. The average molecular weight is 359 g/mol. The second kappa shape index (κ2) is 9.34. The van der Waals surface area contributed by atoms with Gasteiger partial charge in [0.2, 0.25) is 5.91 Å². The zero-order valence-electron chi connectivity index (χ0n) is 17.7. The molecule has 0 aromatic rings. The normalized spacial score (nSPS) is 17.0. The third-order valence-electron chi connectivity index (χ3n) is 5.35. The van der Waals surface area contributed by atoms with Crippen LogP contribution in [0, 0.1) is 17.8 Å². The van der Waals surface area contributed by atoms with Crippen molar-refractivity contribution >= 4 is 14.2 Å². The highest BCUT2D eigenvalue weighted by Gasteiger charge is 2.41. The third-order valence-corrected chi connectivity index (χ3v) is 9.85. The Bertz CT molecular complexity index is 389. The van der Waals surface area contributed by atoms with Crippen LogP contribution in [0.4, 0.5) is 0 Å². The summed E-state index contributed by atoms with van der Waals surface area (Å²) < 4.78 is 6.67. The van der Waals surface area contributed by atoms with Gasteiger partial charge >= 0.3 is 0 Å². The van der Waals surface area contributed by atoms with Gasteiger partial charge in [-0.1, -0.05) is 48.5 Å². The Kier molecular flexibility index (Phi) is 9.19. The summed E-state index contributed by atoms with van der Waals surface area (Å²) in [6, 6.07) is -0.0370. The van der Waals surface area contributed by atoms with Crippen LogP contribution in [0.15, 0.2) is 0 Å². The van der Waals surface area contributed by atoms with Gasteiger partial charge in [0, 0.05) is 19.0 Å². The smallest absolute Gasteiger partial charge is 0.223 e. The van der Waals surface area contributed by atoms with E-state index in [9.17, 15) is 4.79 Å². The van der Waals surface area contributed by atoms with E-state index >= 15 is 0 Å². The molecule has 0 fully saturated rings. The predicted molar refractivity (Wildman–Crippen MR) is 107 cm³/mol. The minimum absolute atomic E-state index is 0.0370. The van der Waals surface area contributed by atoms with Crippen molar-refractivity contribution in [2.75, 3.05) is 7.05 Å². The quantitative estimate of drug-likeness (QED) is 0.608. The van der Waals surface area contributed by atoms with Gasteiger partial charge in [-0.3, -0.25) is 4.79 Å². The lowest BCUT2D eigenvalue weighted by Gasteiger charge is -2.42. The van der Waals surface area contributed by atoms with Crippen molar-refractivity contribution in [1.82, 2.24) is 5.32 Å². The van der Waals surface area contributed by atoms with Crippen LogP contribution >= 0.6 is 0 Å². The lowest BCUT2D eigenvalue weighted by Crippen LogP contribution is -2.51. The number of hydrogen-bond acceptors (Lipinski definition) is 3. The van der Waals surface area contributed by atoms with Crippen LogP contribution in [0.5, 0.6) is 0 Å². The summed E-state index contributed by atoms with van der Waals surface area (Å²) in [5.74, 6) is 0.804. The van der Waals surface area contributed by atoms with E-state index in [1.807, 2.05) is 0 Å². The molecular weight excluding hydrogens is 316 g/mol. The number of nitrogens with two attached hydrogens (primary N) is 1. The Morgan fingerprint density at radius 2 is 1.62 bits per heavy atom. The summed E-state index contributed by atoms with van der Waals surface area (Å²) in [7, 11) is -0.236. The van der Waals surface area contributed by atoms with Gasteiger partial charge in [-0.25, -0.2) is 0 Å². The molecule has 24 heavy (non-hydrogen) atoms. The van der Waals surface area contributed by atoms with Crippen LogP contribution in [0.3, 0.4) is 0 Å². The Balaban J connectivity index is 5.43. The zero-order valence-corrected chi connectivity index (χ0v) is 18.7. The predicted octanol–water partition coefficient (Wildman–Crippen LogP) is 4.16. The van der Waals surface area contributed by atoms with Gasteiger partial charge in [0.05, 0.1) is 6.10 Å². The summed E-state index contributed by atoms with van der Waals surface area (Å²) >= 11 is 0. The molecule has 0 unspecified atom stereocenters. The molecule has 0 radical (unpaired) electrons. The molecule has 0 bridgehead atoms. The molecule has 3 N–H and O–H groups in total. The number of carbonyl (C=O) groups is 1. The Hall–Kier alpha value is -0.393. The first-order valence-corrected chi connectivity index (χ1v) is 12.3. The number of rotatable bonds is 9. The average Bonchev–Trinajstić information content (AvgIpc) is 2.39. The van der Waals surface area contributed by atoms with Gasteiger partial charge in [-0.2, -0.15) is 0 Å². The molecule has 1 amide bonds. The maximum Gasteiger partial charge on any atom is 0.223 e. The molecule has 0 saturated heterocycles. The fourth-order valence-electron chi connectivity index (χ4n) is 2.68. The van der Waals surface area contributed by atoms with E-state index in [0.717, 1.165) is 6.42 Å². The Morgan fingerprint density at radius 3 is 1.96 bits per heavy atom. The maximum absolute atomic E-state index is 12.3. The topological polar surface area (TPSA) is 64.3 Å². The lowest BCUT2D eigenvalue weighted by atomic mass is 9.86. The van der Waals surface area contributed by atoms with Gasteiger partial charge in [0.1, 0.15) is 0 Å². The molecule has 0 aliphatic carbocycles. The summed E-state index contributed by atoms with van der Waals surface area (Å²) in [6.07, 6.45) is 1.54. The zero-order chi connectivity index (χ0) is 19.3. The van der Waals surface area contributed by atoms with Crippen molar-refractivity contribution in [1.29, 1.82) is 0 Å².